The first-order valence-electron chi connectivity index (χ1n) is 36.1. The fourth-order valence-electron chi connectivity index (χ4n) is 8.77. The number of nitrogens with zero attached hydrogens (tertiary/aromatic N) is 20. The zero-order valence-corrected chi connectivity index (χ0v) is 65.9. The number of thiazole rings is 2. The lowest BCUT2D eigenvalue weighted by molar-refractivity contribution is 0.567. The predicted molar refractivity (Wildman–Crippen MR) is 473 cm³/mol. The highest BCUT2D eigenvalue weighted by Gasteiger charge is 1.93. The van der Waals surface area contributed by atoms with Gasteiger partial charge in [-0.25, -0.2) is 43.9 Å². The van der Waals surface area contributed by atoms with Crippen LogP contribution in [0.5, 0.6) is 0 Å². The normalized spacial score (nSPS) is 10.3. The van der Waals surface area contributed by atoms with Crippen LogP contribution in [0.15, 0.2) is 457 Å². The summed E-state index contributed by atoms with van der Waals surface area (Å²) in [4.78, 5) is 64.0. The van der Waals surface area contributed by atoms with Crippen molar-refractivity contribution in [2.45, 2.75) is 19.3 Å². The maximum absolute atomic E-state index is 4.58. The lowest BCUT2D eigenvalue weighted by atomic mass is 10.3. The Morgan fingerprint density at radius 3 is 1.42 bits per heavy atom. The number of rotatable bonds is 0. The lowest BCUT2D eigenvalue weighted by Crippen LogP contribution is -2.19. The van der Waals surface area contributed by atoms with E-state index in [-0.39, 0.29) is 0 Å². The molecular formula is C90H84N22O2S3. The summed E-state index contributed by atoms with van der Waals surface area (Å²) in [5.41, 5.74) is 10.7. The molecule has 584 valence electrons. The molecule has 1 aliphatic carbocycles. The van der Waals surface area contributed by atoms with E-state index in [4.69, 9.17) is 0 Å². The van der Waals surface area contributed by atoms with E-state index in [1.54, 1.807) is 210 Å². The van der Waals surface area contributed by atoms with Gasteiger partial charge in [-0.15, -0.1) is 22.7 Å². The number of aliphatic imine (C=N–C) groups is 2. The summed E-state index contributed by atoms with van der Waals surface area (Å²) in [6.45, 7) is 0. The van der Waals surface area contributed by atoms with Crippen LogP contribution >= 0.6 is 34.0 Å². The first-order chi connectivity index (χ1) is 58.3. The SMILES string of the molecule is C1=CN=CC1.C1=CN=CC1.C1=c2ccccc2=CC1.c1ccc2[nH]ccc2c1.c1ccc2[nH]cnc2c1.c1ccc2scnc2c1.c1ccncc1.c1ccncc1.c1ccoc1.c1ccoc1.c1ccsc1.c1cn2ccnc2cn1.c1cnc2ccnn2c1.c1cnccn1.c1cncnc1.c1cnn2ccnc2c1.c1cscn1. The van der Waals surface area contributed by atoms with Gasteiger partial charge in [0, 0.05) is 185 Å². The molecule has 0 unspecified atom stereocenters. The standard InChI is InChI=1S/C9H8.C8H7N.C7H6N2.C7H5NS.3C6H5N3.2C5H5N.2C4H4N2.2C4H5N.2C4H4O.C4H4S.C3H3NS/c1-2-5-9-7-3-6-8(9)4-1;1-2-4-8-7(3-1)5-6-9-8;2*1-2-4-7-6(3-1)8-5-9-7;1-3-9-4-2-8-6(9)5-7-1;1-3-7-6-2-4-8-9(6)5-1;1-2-6-7-4-5-9(6)8-3-1;2*1-2-4-6-5-3-1;1-2-6-4-3-5-1;1-2-5-4-6-3-1;5*1-2-4-5-3-1;1-2-5-3-4-1/h1-2,4-7H,3H2;1-6,9H;1-5H,(H,8,9);4*1-5H;2*1-5H;2*1-4H;2*1,3-4H,2H2;3*1-4H;1-3H. The van der Waals surface area contributed by atoms with Gasteiger partial charge in [0.25, 0.3) is 0 Å². The maximum Gasteiger partial charge on any atom is 0.155 e. The van der Waals surface area contributed by atoms with Crippen molar-refractivity contribution in [1.82, 2.24) is 98.4 Å². The number of para-hydroxylation sites is 4. The van der Waals surface area contributed by atoms with Crippen molar-refractivity contribution in [2.75, 3.05) is 0 Å². The van der Waals surface area contributed by atoms with Gasteiger partial charge in [0.2, 0.25) is 0 Å². The van der Waals surface area contributed by atoms with Crippen LogP contribution in [0.25, 0.3) is 61.2 Å². The Morgan fingerprint density at radius 1 is 0.342 bits per heavy atom. The van der Waals surface area contributed by atoms with Gasteiger partial charge in [-0.1, -0.05) is 115 Å². The second kappa shape index (κ2) is 59.4. The average Bonchev–Trinajstić information content (AvgIpc) is 1.81. The molecule has 24 nitrogen and oxygen atoms in total. The molecule has 21 aromatic rings. The highest BCUT2D eigenvalue weighted by molar-refractivity contribution is 7.16. The minimum Gasteiger partial charge on any atom is -0.473 e. The number of aromatic amines is 2. The van der Waals surface area contributed by atoms with E-state index in [1.807, 2.05) is 233 Å². The van der Waals surface area contributed by atoms with Crippen molar-refractivity contribution in [3.63, 3.8) is 0 Å². The number of H-pyrrole nitrogens is 2. The molecule has 27 heteroatoms. The monoisotopic (exact) mass is 1600 g/mol. The molecule has 24 rings (SSSR count). The molecule has 19 heterocycles. The molecule has 0 radical (unpaired) electrons. The largest absolute Gasteiger partial charge is 0.473 e. The number of hydrogen-bond donors (Lipinski definition) is 2. The molecule has 0 spiro atoms. The molecule has 17 aromatic heterocycles. The minimum absolute atomic E-state index is 0.887. The Morgan fingerprint density at radius 2 is 0.923 bits per heavy atom. The number of benzene rings is 4. The van der Waals surface area contributed by atoms with Gasteiger partial charge >= 0.3 is 0 Å². The Bertz CT molecular complexity index is 4830. The van der Waals surface area contributed by atoms with E-state index in [9.17, 15) is 0 Å². The van der Waals surface area contributed by atoms with Crippen LogP contribution in [0.4, 0.5) is 0 Å². The third kappa shape index (κ3) is 39.3. The van der Waals surface area contributed by atoms with Crippen LogP contribution in [0.1, 0.15) is 19.3 Å². The Hall–Kier alpha value is -15.5. The number of aromatic nitrogens is 20. The summed E-state index contributed by atoms with van der Waals surface area (Å²) in [6.07, 6.45) is 68.9. The van der Waals surface area contributed by atoms with Crippen molar-refractivity contribution in [3.05, 3.63) is 449 Å². The van der Waals surface area contributed by atoms with Crippen LogP contribution < -0.4 is 10.4 Å². The van der Waals surface area contributed by atoms with Crippen LogP contribution in [0.2, 0.25) is 0 Å². The topological polar surface area (TPSA) is 289 Å². The molecule has 3 aliphatic rings. The van der Waals surface area contributed by atoms with Crippen LogP contribution in [0, 0.1) is 0 Å². The summed E-state index contributed by atoms with van der Waals surface area (Å²) < 4.78 is 15.8. The molecule has 4 aromatic carbocycles. The number of thiophene rings is 1. The number of hydrogen-bond acceptors (Lipinski definition) is 22. The van der Waals surface area contributed by atoms with Crippen molar-refractivity contribution in [1.29, 1.82) is 0 Å². The second-order valence-corrected chi connectivity index (χ2v) is 24.6. The van der Waals surface area contributed by atoms with Crippen molar-refractivity contribution in [3.8, 4) is 0 Å². The highest BCUT2D eigenvalue weighted by atomic mass is 32.1. The van der Waals surface area contributed by atoms with Gasteiger partial charge < -0.3 is 23.2 Å². The number of fused-ring (bicyclic) bond motifs is 7. The Kier molecular flexibility index (Phi) is 44.2. The second-order valence-electron chi connectivity index (χ2n) is 22.2. The summed E-state index contributed by atoms with van der Waals surface area (Å²) in [5.74, 6) is 0. The molecule has 0 atom stereocenters. The quantitative estimate of drug-likeness (QED) is 0.143. The van der Waals surface area contributed by atoms with Gasteiger partial charge in [0.15, 0.2) is 16.9 Å². The summed E-state index contributed by atoms with van der Waals surface area (Å²) in [6, 6.07) is 66.9. The third-order valence-corrected chi connectivity index (χ3v) is 16.0. The summed E-state index contributed by atoms with van der Waals surface area (Å²) in [5, 5.41) is 18.0. The fourth-order valence-corrected chi connectivity index (χ4v) is 10.3. The van der Waals surface area contributed by atoms with Gasteiger partial charge in [0.05, 0.1) is 76.0 Å². The Balaban J connectivity index is 0.000000156. The fraction of sp³-hybridized carbons (Fsp3) is 0.0333. The lowest BCUT2D eigenvalue weighted by Gasteiger charge is -1.86. The maximum atomic E-state index is 4.58. The smallest absolute Gasteiger partial charge is 0.155 e. The Labute approximate surface area is 688 Å². The van der Waals surface area contributed by atoms with E-state index in [0.29, 0.717) is 0 Å². The molecule has 0 bridgehead atoms. The molecule has 0 fully saturated rings. The summed E-state index contributed by atoms with van der Waals surface area (Å²) >= 11 is 4.99. The van der Waals surface area contributed by atoms with Crippen LogP contribution in [-0.2, 0) is 0 Å². The summed E-state index contributed by atoms with van der Waals surface area (Å²) in [7, 11) is 0. The van der Waals surface area contributed by atoms with Gasteiger partial charge in [0.1, 0.15) is 6.33 Å². The van der Waals surface area contributed by atoms with E-state index in [1.165, 1.54) is 32.4 Å². The van der Waals surface area contributed by atoms with Crippen molar-refractivity contribution < 1.29 is 8.83 Å². The molecule has 2 N–H and O–H groups in total. The molecule has 117 heavy (non-hydrogen) atoms. The third-order valence-electron chi connectivity index (χ3n) is 14.0. The zero-order chi connectivity index (χ0) is 80.9. The molecule has 0 amide bonds. The van der Waals surface area contributed by atoms with E-state index in [0.717, 1.165) is 52.8 Å². The van der Waals surface area contributed by atoms with E-state index < -0.39 is 0 Å². The van der Waals surface area contributed by atoms with E-state index in [2.05, 4.69) is 164 Å². The average molecular weight is 1600 g/mol. The first kappa shape index (κ1) is 87.1. The number of allylic oxidation sites excluding steroid dienone is 2. The number of pyridine rings is 2. The number of imidazole rings is 3. The molecule has 0 saturated heterocycles. The van der Waals surface area contributed by atoms with Crippen molar-refractivity contribution >= 4 is 108 Å². The van der Waals surface area contributed by atoms with Gasteiger partial charge in [-0.2, -0.15) is 21.5 Å². The molecule has 0 saturated carbocycles. The van der Waals surface area contributed by atoms with Crippen LogP contribution in [-0.4, -0.2) is 111 Å². The molecule has 2 aliphatic heterocycles. The number of furan rings is 2. The predicted octanol–water partition coefficient (Wildman–Crippen LogP) is 19.4. The highest BCUT2D eigenvalue weighted by Crippen LogP contribution is 2.16. The zero-order valence-electron chi connectivity index (χ0n) is 63.5. The minimum atomic E-state index is 0.887. The van der Waals surface area contributed by atoms with Crippen molar-refractivity contribution in [2.24, 2.45) is 9.98 Å². The van der Waals surface area contributed by atoms with Gasteiger partial charge in [-0.05, 0) is 142 Å². The molecular weight excluding hydrogens is 1520 g/mol. The van der Waals surface area contributed by atoms with Crippen LogP contribution in [0.3, 0.4) is 0 Å². The number of nitrogens with one attached hydrogen (secondary N) is 2. The van der Waals surface area contributed by atoms with Gasteiger partial charge in [-0.3, -0.25) is 39.9 Å². The van der Waals surface area contributed by atoms with E-state index >= 15 is 0 Å². The first-order valence-corrected chi connectivity index (χ1v) is 38.9.